The first-order chi connectivity index (χ1) is 11.6. The lowest BCUT2D eigenvalue weighted by Crippen LogP contribution is -2.51. The number of hydrogen-bond acceptors (Lipinski definition) is 5. The first-order valence-corrected chi connectivity index (χ1v) is 8.10. The Kier molecular flexibility index (Phi) is 6.47. The number of nitrogens with one attached hydrogen (secondary N) is 2. The average Bonchev–Trinajstić information content (AvgIpc) is 2.62. The summed E-state index contributed by atoms with van der Waals surface area (Å²) in [5, 5.41) is 6.25. The number of carbonyl (C=O) groups is 1. The van der Waals surface area contributed by atoms with E-state index in [9.17, 15) is 4.79 Å². The van der Waals surface area contributed by atoms with E-state index in [0.29, 0.717) is 12.8 Å². The Hall–Kier alpha value is -2.02. The van der Waals surface area contributed by atoms with Crippen LogP contribution in [0.3, 0.4) is 0 Å². The molecule has 1 aliphatic heterocycles. The third kappa shape index (κ3) is 4.34. The molecule has 1 saturated heterocycles. The van der Waals surface area contributed by atoms with Gasteiger partial charge in [0.25, 0.3) is 5.91 Å². The van der Waals surface area contributed by atoms with Crippen molar-refractivity contribution in [2.75, 3.05) is 25.5 Å². The normalized spacial score (nSPS) is 15.9. The zero-order valence-electron chi connectivity index (χ0n) is 14.4. The summed E-state index contributed by atoms with van der Waals surface area (Å²) >= 11 is 0. The van der Waals surface area contributed by atoms with Crippen LogP contribution in [0.25, 0.3) is 11.3 Å². The van der Waals surface area contributed by atoms with Crippen LogP contribution in [-0.4, -0.2) is 41.7 Å². The van der Waals surface area contributed by atoms with Crippen LogP contribution in [0.4, 0.5) is 5.69 Å². The van der Waals surface area contributed by atoms with Crippen molar-refractivity contribution in [3.8, 4) is 11.3 Å². The number of aromatic nitrogens is 2. The fourth-order valence-electron chi connectivity index (χ4n) is 2.97. The largest absolute Gasteiger partial charge is 0.368 e. The van der Waals surface area contributed by atoms with Gasteiger partial charge in [-0.3, -0.25) is 4.79 Å². The number of amides is 1. The van der Waals surface area contributed by atoms with Crippen molar-refractivity contribution >= 4 is 24.0 Å². The van der Waals surface area contributed by atoms with Gasteiger partial charge in [-0.1, -0.05) is 12.1 Å². The second-order valence-corrected chi connectivity index (χ2v) is 5.97. The van der Waals surface area contributed by atoms with E-state index in [1.54, 1.807) is 13.3 Å². The number of ether oxygens (including phenoxy) is 1. The van der Waals surface area contributed by atoms with Crippen LogP contribution in [0.5, 0.6) is 0 Å². The minimum atomic E-state index is -0.757. The Morgan fingerprint density at radius 3 is 2.72 bits per heavy atom. The molecule has 0 saturated carbocycles. The Morgan fingerprint density at radius 2 is 2.04 bits per heavy atom. The highest BCUT2D eigenvalue weighted by Crippen LogP contribution is 2.26. The van der Waals surface area contributed by atoms with Crippen LogP contribution in [0.15, 0.2) is 36.5 Å². The number of benzene rings is 1. The number of hydrogen-bond donors (Lipinski definition) is 2. The number of nitrogens with zero attached hydrogens (tertiary/aromatic N) is 2. The summed E-state index contributed by atoms with van der Waals surface area (Å²) in [4.78, 5) is 21.3. The highest BCUT2D eigenvalue weighted by Gasteiger charge is 2.39. The summed E-state index contributed by atoms with van der Waals surface area (Å²) < 4.78 is 5.57. The van der Waals surface area contributed by atoms with Gasteiger partial charge in [-0.05, 0) is 51.1 Å². The second-order valence-electron chi connectivity index (χ2n) is 5.97. The molecule has 1 aromatic heterocycles. The molecule has 0 bridgehead atoms. The summed E-state index contributed by atoms with van der Waals surface area (Å²) in [6, 6.07) is 9.53. The van der Waals surface area contributed by atoms with Gasteiger partial charge >= 0.3 is 0 Å². The average molecular weight is 363 g/mol. The van der Waals surface area contributed by atoms with Crippen molar-refractivity contribution < 1.29 is 9.53 Å². The minimum Gasteiger partial charge on any atom is -0.368 e. The predicted molar refractivity (Wildman–Crippen MR) is 99.9 cm³/mol. The molecule has 2 N–H and O–H groups in total. The summed E-state index contributed by atoms with van der Waals surface area (Å²) in [6.45, 7) is 3.41. The monoisotopic (exact) mass is 362 g/mol. The molecule has 134 valence electrons. The number of piperidine rings is 1. The lowest BCUT2D eigenvalue weighted by Gasteiger charge is -2.34. The maximum absolute atomic E-state index is 12.7. The standard InChI is InChI=1S/C18H22N4O2.ClH/c1-13-20-9-6-16(21-13)14-4-3-5-15(12-14)22-17(23)18(24-2)7-10-19-11-8-18;/h3-6,9,12,19H,7-8,10-11H2,1-2H3,(H,22,23);1H. The van der Waals surface area contributed by atoms with Crippen LogP contribution < -0.4 is 10.6 Å². The quantitative estimate of drug-likeness (QED) is 0.874. The molecule has 3 rings (SSSR count). The van der Waals surface area contributed by atoms with Crippen molar-refractivity contribution in [3.63, 3.8) is 0 Å². The molecule has 1 fully saturated rings. The summed E-state index contributed by atoms with van der Waals surface area (Å²) in [6.07, 6.45) is 3.07. The van der Waals surface area contributed by atoms with E-state index < -0.39 is 5.60 Å². The SMILES string of the molecule is COC1(C(=O)Nc2cccc(-c3ccnc(C)n3)c2)CCNCC1.Cl. The fourth-order valence-corrected chi connectivity index (χ4v) is 2.97. The number of halogens is 1. The van der Waals surface area contributed by atoms with Gasteiger partial charge in [0.1, 0.15) is 11.4 Å². The Labute approximate surface area is 153 Å². The predicted octanol–water partition coefficient (Wildman–Crippen LogP) is 2.58. The van der Waals surface area contributed by atoms with Crippen molar-refractivity contribution in [2.45, 2.75) is 25.4 Å². The summed E-state index contributed by atoms with van der Waals surface area (Å²) in [5.74, 6) is 0.623. The summed E-state index contributed by atoms with van der Waals surface area (Å²) in [7, 11) is 1.60. The van der Waals surface area contributed by atoms with E-state index in [1.165, 1.54) is 0 Å². The molecule has 2 aromatic rings. The van der Waals surface area contributed by atoms with Crippen molar-refractivity contribution in [3.05, 3.63) is 42.4 Å². The van der Waals surface area contributed by atoms with Crippen molar-refractivity contribution in [2.24, 2.45) is 0 Å². The van der Waals surface area contributed by atoms with Crippen LogP contribution in [-0.2, 0) is 9.53 Å². The van der Waals surface area contributed by atoms with E-state index in [0.717, 1.165) is 35.9 Å². The number of anilines is 1. The highest BCUT2D eigenvalue weighted by molar-refractivity contribution is 5.97. The molecule has 2 heterocycles. The number of rotatable bonds is 4. The number of methoxy groups -OCH3 is 1. The van der Waals surface area contributed by atoms with Crippen LogP contribution in [0, 0.1) is 6.92 Å². The topological polar surface area (TPSA) is 76.1 Å². The molecule has 1 aliphatic rings. The molecular formula is C18H23ClN4O2. The van der Waals surface area contributed by atoms with Crippen LogP contribution in [0.1, 0.15) is 18.7 Å². The van der Waals surface area contributed by atoms with Crippen molar-refractivity contribution in [1.29, 1.82) is 0 Å². The molecule has 7 heteroatoms. The van der Waals surface area contributed by atoms with E-state index in [2.05, 4.69) is 20.6 Å². The van der Waals surface area contributed by atoms with E-state index in [-0.39, 0.29) is 18.3 Å². The molecular weight excluding hydrogens is 340 g/mol. The van der Waals surface area contributed by atoms with Gasteiger partial charge in [0, 0.05) is 24.6 Å². The van der Waals surface area contributed by atoms with Gasteiger partial charge in [0.15, 0.2) is 0 Å². The number of carbonyl (C=O) groups excluding carboxylic acids is 1. The molecule has 25 heavy (non-hydrogen) atoms. The van der Waals surface area contributed by atoms with E-state index in [4.69, 9.17) is 4.74 Å². The lowest BCUT2D eigenvalue weighted by molar-refractivity contribution is -0.140. The molecule has 0 atom stereocenters. The van der Waals surface area contributed by atoms with Gasteiger partial charge in [-0.15, -0.1) is 12.4 Å². The van der Waals surface area contributed by atoms with Gasteiger partial charge < -0.3 is 15.4 Å². The van der Waals surface area contributed by atoms with E-state index in [1.807, 2.05) is 37.3 Å². The van der Waals surface area contributed by atoms with Gasteiger partial charge in [0.2, 0.25) is 0 Å². The first kappa shape index (κ1) is 19.3. The first-order valence-electron chi connectivity index (χ1n) is 8.10. The van der Waals surface area contributed by atoms with Crippen LogP contribution >= 0.6 is 12.4 Å². The smallest absolute Gasteiger partial charge is 0.256 e. The maximum Gasteiger partial charge on any atom is 0.256 e. The maximum atomic E-state index is 12.7. The molecule has 0 aliphatic carbocycles. The second kappa shape index (κ2) is 8.38. The van der Waals surface area contributed by atoms with Gasteiger partial charge in [-0.2, -0.15) is 0 Å². The Bertz CT molecular complexity index is 733. The number of aryl methyl sites for hydroxylation is 1. The highest BCUT2D eigenvalue weighted by atomic mass is 35.5. The lowest BCUT2D eigenvalue weighted by atomic mass is 9.91. The fraction of sp³-hybridized carbons (Fsp3) is 0.389. The molecule has 1 amide bonds. The van der Waals surface area contributed by atoms with Crippen molar-refractivity contribution in [1.82, 2.24) is 15.3 Å². The molecule has 0 unspecified atom stereocenters. The molecule has 6 nitrogen and oxygen atoms in total. The zero-order valence-corrected chi connectivity index (χ0v) is 15.2. The molecule has 0 spiro atoms. The van der Waals surface area contributed by atoms with Gasteiger partial charge in [-0.25, -0.2) is 9.97 Å². The minimum absolute atomic E-state index is 0. The van der Waals surface area contributed by atoms with E-state index >= 15 is 0 Å². The zero-order chi connectivity index (χ0) is 17.0. The van der Waals surface area contributed by atoms with Crippen LogP contribution in [0.2, 0.25) is 0 Å². The Morgan fingerprint density at radius 1 is 1.28 bits per heavy atom. The Balaban J connectivity index is 0.00000225. The molecule has 1 aromatic carbocycles. The third-order valence-electron chi connectivity index (χ3n) is 4.41. The van der Waals surface area contributed by atoms with Gasteiger partial charge in [0.05, 0.1) is 5.69 Å². The summed E-state index contributed by atoms with van der Waals surface area (Å²) in [5.41, 5.74) is 1.76. The molecule has 0 radical (unpaired) electrons. The third-order valence-corrected chi connectivity index (χ3v) is 4.41.